The number of ketones is 1. The Balaban J connectivity index is 2.12. The molecule has 15 heavy (non-hydrogen) atoms. The maximum Gasteiger partial charge on any atom is 0.330 e. The van der Waals surface area contributed by atoms with Crippen molar-refractivity contribution in [3.8, 4) is 0 Å². The standard InChI is InChI=1S/C12H18O3/c1-15-12(14)5-3-2-4-10-6-8-11(13)9-7-10/h3,5,10H,2,4,6-9H2,1H3/b5-3+. The molecule has 0 atom stereocenters. The van der Waals surface area contributed by atoms with Crippen molar-refractivity contribution in [2.24, 2.45) is 5.92 Å². The first kappa shape index (κ1) is 12.0. The summed E-state index contributed by atoms with van der Waals surface area (Å²) in [7, 11) is 1.37. The minimum Gasteiger partial charge on any atom is -0.466 e. The summed E-state index contributed by atoms with van der Waals surface area (Å²) in [5.41, 5.74) is 0. The molecule has 0 aromatic carbocycles. The molecule has 0 aromatic heterocycles. The van der Waals surface area contributed by atoms with E-state index in [0.29, 0.717) is 11.7 Å². The zero-order chi connectivity index (χ0) is 11.1. The Hall–Kier alpha value is -1.12. The molecule has 0 bridgehead atoms. The highest BCUT2D eigenvalue weighted by molar-refractivity contribution is 5.81. The van der Waals surface area contributed by atoms with E-state index in [0.717, 1.165) is 38.5 Å². The van der Waals surface area contributed by atoms with Crippen LogP contribution in [0.15, 0.2) is 12.2 Å². The molecule has 1 aliphatic rings. The summed E-state index contributed by atoms with van der Waals surface area (Å²) < 4.78 is 4.49. The molecule has 0 aromatic rings. The van der Waals surface area contributed by atoms with Gasteiger partial charge >= 0.3 is 5.97 Å². The van der Waals surface area contributed by atoms with Gasteiger partial charge < -0.3 is 4.74 Å². The van der Waals surface area contributed by atoms with Crippen molar-refractivity contribution in [2.45, 2.75) is 38.5 Å². The highest BCUT2D eigenvalue weighted by atomic mass is 16.5. The highest BCUT2D eigenvalue weighted by Crippen LogP contribution is 2.25. The van der Waals surface area contributed by atoms with E-state index < -0.39 is 0 Å². The van der Waals surface area contributed by atoms with Crippen molar-refractivity contribution >= 4 is 11.8 Å². The summed E-state index contributed by atoms with van der Waals surface area (Å²) in [5.74, 6) is 0.759. The van der Waals surface area contributed by atoms with Crippen LogP contribution < -0.4 is 0 Å². The molecular formula is C12H18O3. The number of methoxy groups -OCH3 is 1. The van der Waals surface area contributed by atoms with Crippen molar-refractivity contribution < 1.29 is 14.3 Å². The molecule has 1 rings (SSSR count). The second-order valence-electron chi connectivity index (χ2n) is 3.98. The molecule has 1 saturated carbocycles. The number of Topliss-reactive ketones (excluding diaryl/α,β-unsaturated/α-hetero) is 1. The van der Waals surface area contributed by atoms with Gasteiger partial charge in [0, 0.05) is 18.9 Å². The zero-order valence-electron chi connectivity index (χ0n) is 9.20. The summed E-state index contributed by atoms with van der Waals surface area (Å²) in [4.78, 5) is 21.7. The van der Waals surface area contributed by atoms with Crippen molar-refractivity contribution in [3.63, 3.8) is 0 Å². The zero-order valence-corrected chi connectivity index (χ0v) is 9.20. The maximum absolute atomic E-state index is 11.0. The molecule has 3 heteroatoms. The average Bonchev–Trinajstić information content (AvgIpc) is 2.26. The molecule has 0 aliphatic heterocycles. The van der Waals surface area contributed by atoms with Crippen molar-refractivity contribution in [2.75, 3.05) is 7.11 Å². The normalized spacial score (nSPS) is 18.3. The number of carbonyl (C=O) groups is 2. The molecule has 1 fully saturated rings. The van der Waals surface area contributed by atoms with E-state index in [2.05, 4.69) is 4.74 Å². The quantitative estimate of drug-likeness (QED) is 0.528. The van der Waals surface area contributed by atoms with E-state index in [9.17, 15) is 9.59 Å². The first-order chi connectivity index (χ1) is 7.22. The second kappa shape index (κ2) is 6.38. The predicted molar refractivity (Wildman–Crippen MR) is 57.4 cm³/mol. The van der Waals surface area contributed by atoms with E-state index in [1.165, 1.54) is 13.2 Å². The minimum atomic E-state index is -0.297. The first-order valence-electron chi connectivity index (χ1n) is 5.48. The number of esters is 1. The van der Waals surface area contributed by atoms with Gasteiger partial charge in [0.05, 0.1) is 7.11 Å². The SMILES string of the molecule is COC(=O)/C=C/CCC1CCC(=O)CC1. The number of rotatable bonds is 4. The van der Waals surface area contributed by atoms with E-state index >= 15 is 0 Å². The molecule has 1 aliphatic carbocycles. The number of carbonyl (C=O) groups excluding carboxylic acids is 2. The van der Waals surface area contributed by atoms with Gasteiger partial charge in [-0.15, -0.1) is 0 Å². The summed E-state index contributed by atoms with van der Waals surface area (Å²) in [6.45, 7) is 0. The molecule has 0 amide bonds. The Bertz CT molecular complexity index is 246. The monoisotopic (exact) mass is 210 g/mol. The number of hydrogen-bond acceptors (Lipinski definition) is 3. The molecular weight excluding hydrogens is 192 g/mol. The largest absolute Gasteiger partial charge is 0.466 e. The molecule has 0 unspecified atom stereocenters. The van der Waals surface area contributed by atoms with Gasteiger partial charge in [0.2, 0.25) is 0 Å². The van der Waals surface area contributed by atoms with Gasteiger partial charge in [-0.05, 0) is 31.6 Å². The third-order valence-electron chi connectivity index (χ3n) is 2.86. The Morgan fingerprint density at radius 2 is 2.13 bits per heavy atom. The minimum absolute atomic E-state index is 0.297. The highest BCUT2D eigenvalue weighted by Gasteiger charge is 2.17. The van der Waals surface area contributed by atoms with Crippen LogP contribution in [0.5, 0.6) is 0 Å². The summed E-state index contributed by atoms with van der Waals surface area (Å²) in [6.07, 6.45) is 8.80. The Morgan fingerprint density at radius 3 is 2.73 bits per heavy atom. The molecule has 0 N–H and O–H groups in total. The van der Waals surface area contributed by atoms with E-state index in [1.807, 2.05) is 6.08 Å². The van der Waals surface area contributed by atoms with Gasteiger partial charge in [-0.25, -0.2) is 4.79 Å². The van der Waals surface area contributed by atoms with Gasteiger partial charge in [-0.1, -0.05) is 6.08 Å². The third kappa shape index (κ3) is 4.77. The Labute approximate surface area is 90.5 Å². The summed E-state index contributed by atoms with van der Waals surface area (Å²) in [6, 6.07) is 0. The second-order valence-corrected chi connectivity index (χ2v) is 3.98. The molecule has 0 saturated heterocycles. The number of ether oxygens (including phenoxy) is 1. The topological polar surface area (TPSA) is 43.4 Å². The van der Waals surface area contributed by atoms with Crippen LogP contribution in [-0.2, 0) is 14.3 Å². The fourth-order valence-corrected chi connectivity index (χ4v) is 1.87. The van der Waals surface area contributed by atoms with Crippen LogP contribution in [0.1, 0.15) is 38.5 Å². The molecule has 84 valence electrons. The Morgan fingerprint density at radius 1 is 1.47 bits per heavy atom. The van der Waals surface area contributed by atoms with E-state index in [4.69, 9.17) is 0 Å². The molecule has 0 spiro atoms. The van der Waals surface area contributed by atoms with Gasteiger partial charge in [0.1, 0.15) is 5.78 Å². The van der Waals surface area contributed by atoms with E-state index in [1.54, 1.807) is 0 Å². The predicted octanol–water partition coefficient (Wildman–Crippen LogP) is 2.26. The third-order valence-corrected chi connectivity index (χ3v) is 2.86. The summed E-state index contributed by atoms with van der Waals surface area (Å²) in [5, 5.41) is 0. The lowest BCUT2D eigenvalue weighted by Gasteiger charge is -2.19. The van der Waals surface area contributed by atoms with Crippen molar-refractivity contribution in [1.82, 2.24) is 0 Å². The molecule has 0 heterocycles. The lowest BCUT2D eigenvalue weighted by Crippen LogP contribution is -2.13. The lowest BCUT2D eigenvalue weighted by molar-refractivity contribution is -0.134. The summed E-state index contributed by atoms with van der Waals surface area (Å²) >= 11 is 0. The number of hydrogen-bond donors (Lipinski definition) is 0. The van der Waals surface area contributed by atoms with Crippen LogP contribution in [0.3, 0.4) is 0 Å². The smallest absolute Gasteiger partial charge is 0.330 e. The lowest BCUT2D eigenvalue weighted by atomic mass is 9.85. The molecule has 0 radical (unpaired) electrons. The van der Waals surface area contributed by atoms with Crippen molar-refractivity contribution in [3.05, 3.63) is 12.2 Å². The number of allylic oxidation sites excluding steroid dienone is 1. The van der Waals surface area contributed by atoms with Gasteiger partial charge in [0.25, 0.3) is 0 Å². The van der Waals surface area contributed by atoms with Crippen LogP contribution in [0.25, 0.3) is 0 Å². The van der Waals surface area contributed by atoms with Gasteiger partial charge in [0.15, 0.2) is 0 Å². The first-order valence-corrected chi connectivity index (χ1v) is 5.48. The molecule has 3 nitrogen and oxygen atoms in total. The van der Waals surface area contributed by atoms with Crippen LogP contribution in [0.2, 0.25) is 0 Å². The van der Waals surface area contributed by atoms with Gasteiger partial charge in [-0.3, -0.25) is 4.79 Å². The fourth-order valence-electron chi connectivity index (χ4n) is 1.87. The van der Waals surface area contributed by atoms with Crippen molar-refractivity contribution in [1.29, 1.82) is 0 Å². The van der Waals surface area contributed by atoms with Crippen LogP contribution >= 0.6 is 0 Å². The maximum atomic E-state index is 11.0. The average molecular weight is 210 g/mol. The van der Waals surface area contributed by atoms with Gasteiger partial charge in [-0.2, -0.15) is 0 Å². The van der Waals surface area contributed by atoms with Crippen LogP contribution in [0.4, 0.5) is 0 Å². The van der Waals surface area contributed by atoms with Crippen LogP contribution in [-0.4, -0.2) is 18.9 Å². The van der Waals surface area contributed by atoms with E-state index in [-0.39, 0.29) is 5.97 Å². The Kier molecular flexibility index (Phi) is 5.08. The van der Waals surface area contributed by atoms with Crippen LogP contribution in [0, 0.1) is 5.92 Å². The fraction of sp³-hybridized carbons (Fsp3) is 0.667.